The van der Waals surface area contributed by atoms with Crippen molar-refractivity contribution in [3.63, 3.8) is 0 Å². The number of piperidine rings is 1. The van der Waals surface area contributed by atoms with Crippen LogP contribution in [0.5, 0.6) is 0 Å². The van der Waals surface area contributed by atoms with Crippen molar-refractivity contribution < 1.29 is 9.47 Å². The highest BCUT2D eigenvalue weighted by Gasteiger charge is 2.23. The molecular weight excluding hydrogens is 180 g/mol. The molecule has 82 valence electrons. The van der Waals surface area contributed by atoms with Crippen LogP contribution in [-0.4, -0.2) is 57.1 Å². The van der Waals surface area contributed by atoms with E-state index in [0.717, 1.165) is 32.8 Å². The molecule has 0 spiro atoms. The predicted molar refractivity (Wildman–Crippen MR) is 54.2 cm³/mol. The topological polar surface area (TPSA) is 33.7 Å². The summed E-state index contributed by atoms with van der Waals surface area (Å²) in [5, 5.41) is 3.37. The molecule has 1 N–H and O–H groups in total. The van der Waals surface area contributed by atoms with Crippen LogP contribution in [-0.2, 0) is 9.47 Å². The molecule has 0 amide bonds. The van der Waals surface area contributed by atoms with Gasteiger partial charge in [-0.3, -0.25) is 4.90 Å². The molecule has 0 unspecified atom stereocenters. The van der Waals surface area contributed by atoms with Crippen molar-refractivity contribution in [1.29, 1.82) is 0 Å². The SMILES string of the molecule is CN(CC1OCCO1)C1CCNCC1. The molecule has 14 heavy (non-hydrogen) atoms. The van der Waals surface area contributed by atoms with Crippen LogP contribution in [0.25, 0.3) is 0 Å². The fraction of sp³-hybridized carbons (Fsp3) is 1.00. The van der Waals surface area contributed by atoms with E-state index in [1.807, 2.05) is 0 Å². The Kier molecular flexibility index (Phi) is 3.75. The van der Waals surface area contributed by atoms with E-state index in [1.54, 1.807) is 0 Å². The van der Waals surface area contributed by atoms with E-state index in [-0.39, 0.29) is 6.29 Å². The van der Waals surface area contributed by atoms with E-state index in [1.165, 1.54) is 12.8 Å². The fourth-order valence-corrected chi connectivity index (χ4v) is 2.14. The minimum atomic E-state index is 0.00915. The maximum absolute atomic E-state index is 5.43. The highest BCUT2D eigenvalue weighted by atomic mass is 16.7. The Morgan fingerprint density at radius 1 is 1.21 bits per heavy atom. The number of hydrogen-bond donors (Lipinski definition) is 1. The summed E-state index contributed by atoms with van der Waals surface area (Å²) in [4.78, 5) is 2.37. The van der Waals surface area contributed by atoms with Crippen molar-refractivity contribution >= 4 is 0 Å². The van der Waals surface area contributed by atoms with Gasteiger partial charge in [0.15, 0.2) is 6.29 Å². The highest BCUT2D eigenvalue weighted by Crippen LogP contribution is 2.12. The first kappa shape index (κ1) is 10.4. The van der Waals surface area contributed by atoms with Crippen LogP contribution in [0.3, 0.4) is 0 Å². The Bertz CT molecular complexity index is 166. The Labute approximate surface area is 85.5 Å². The summed E-state index contributed by atoms with van der Waals surface area (Å²) in [5.41, 5.74) is 0. The number of ether oxygens (including phenoxy) is 2. The first-order chi connectivity index (χ1) is 6.86. The summed E-state index contributed by atoms with van der Waals surface area (Å²) in [6.45, 7) is 4.70. The van der Waals surface area contributed by atoms with Crippen LogP contribution in [0.15, 0.2) is 0 Å². The zero-order valence-electron chi connectivity index (χ0n) is 8.87. The molecule has 4 heteroatoms. The van der Waals surface area contributed by atoms with E-state index in [4.69, 9.17) is 9.47 Å². The van der Waals surface area contributed by atoms with Gasteiger partial charge in [-0.05, 0) is 33.0 Å². The summed E-state index contributed by atoms with van der Waals surface area (Å²) in [7, 11) is 2.17. The van der Waals surface area contributed by atoms with E-state index < -0.39 is 0 Å². The van der Waals surface area contributed by atoms with Crippen molar-refractivity contribution in [3.8, 4) is 0 Å². The molecule has 0 aromatic carbocycles. The summed E-state index contributed by atoms with van der Waals surface area (Å²) < 4.78 is 10.9. The average molecular weight is 200 g/mol. The van der Waals surface area contributed by atoms with E-state index in [0.29, 0.717) is 6.04 Å². The number of rotatable bonds is 3. The lowest BCUT2D eigenvalue weighted by Gasteiger charge is -2.32. The summed E-state index contributed by atoms with van der Waals surface area (Å²) in [6.07, 6.45) is 2.49. The van der Waals surface area contributed by atoms with Crippen molar-refractivity contribution in [1.82, 2.24) is 10.2 Å². The molecular formula is C10H20N2O2. The smallest absolute Gasteiger partial charge is 0.170 e. The minimum absolute atomic E-state index is 0.00915. The van der Waals surface area contributed by atoms with Crippen LogP contribution in [0.2, 0.25) is 0 Å². The van der Waals surface area contributed by atoms with Crippen molar-refractivity contribution in [2.24, 2.45) is 0 Å². The van der Waals surface area contributed by atoms with Crippen LogP contribution in [0.1, 0.15) is 12.8 Å². The molecule has 2 aliphatic rings. The van der Waals surface area contributed by atoms with Crippen molar-refractivity contribution in [2.75, 3.05) is 39.9 Å². The van der Waals surface area contributed by atoms with Crippen molar-refractivity contribution in [3.05, 3.63) is 0 Å². The van der Waals surface area contributed by atoms with Gasteiger partial charge in [0.25, 0.3) is 0 Å². The van der Waals surface area contributed by atoms with Gasteiger partial charge in [0, 0.05) is 12.6 Å². The quantitative estimate of drug-likeness (QED) is 0.697. The Morgan fingerprint density at radius 2 is 1.86 bits per heavy atom. The van der Waals surface area contributed by atoms with Crippen LogP contribution >= 0.6 is 0 Å². The van der Waals surface area contributed by atoms with E-state index in [2.05, 4.69) is 17.3 Å². The largest absolute Gasteiger partial charge is 0.349 e. The van der Waals surface area contributed by atoms with Crippen LogP contribution in [0, 0.1) is 0 Å². The molecule has 2 fully saturated rings. The zero-order valence-corrected chi connectivity index (χ0v) is 8.87. The van der Waals surface area contributed by atoms with Gasteiger partial charge in [-0.1, -0.05) is 0 Å². The van der Waals surface area contributed by atoms with Gasteiger partial charge in [-0.2, -0.15) is 0 Å². The second kappa shape index (κ2) is 5.07. The number of nitrogens with zero attached hydrogens (tertiary/aromatic N) is 1. The zero-order chi connectivity index (χ0) is 9.80. The van der Waals surface area contributed by atoms with Gasteiger partial charge in [-0.15, -0.1) is 0 Å². The van der Waals surface area contributed by atoms with Gasteiger partial charge in [0.1, 0.15) is 0 Å². The van der Waals surface area contributed by atoms with Crippen LogP contribution < -0.4 is 5.32 Å². The first-order valence-corrected chi connectivity index (χ1v) is 5.50. The lowest BCUT2D eigenvalue weighted by atomic mass is 10.1. The number of hydrogen-bond acceptors (Lipinski definition) is 4. The normalized spacial score (nSPS) is 26.1. The fourth-order valence-electron chi connectivity index (χ4n) is 2.14. The minimum Gasteiger partial charge on any atom is -0.349 e. The van der Waals surface area contributed by atoms with E-state index in [9.17, 15) is 0 Å². The Hall–Kier alpha value is -0.160. The van der Waals surface area contributed by atoms with Gasteiger partial charge in [0.05, 0.1) is 13.2 Å². The first-order valence-electron chi connectivity index (χ1n) is 5.50. The third-order valence-corrected chi connectivity index (χ3v) is 3.06. The summed E-state index contributed by atoms with van der Waals surface area (Å²) >= 11 is 0. The molecule has 0 radical (unpaired) electrons. The Balaban J connectivity index is 1.72. The summed E-state index contributed by atoms with van der Waals surface area (Å²) in [6, 6.07) is 0.698. The van der Waals surface area contributed by atoms with Gasteiger partial charge in [0.2, 0.25) is 0 Å². The third kappa shape index (κ3) is 2.67. The lowest BCUT2D eigenvalue weighted by molar-refractivity contribution is -0.0654. The van der Waals surface area contributed by atoms with Crippen molar-refractivity contribution in [2.45, 2.75) is 25.2 Å². The molecule has 0 bridgehead atoms. The molecule has 2 heterocycles. The van der Waals surface area contributed by atoms with Gasteiger partial charge < -0.3 is 14.8 Å². The number of nitrogens with one attached hydrogen (secondary N) is 1. The molecule has 2 aliphatic heterocycles. The van der Waals surface area contributed by atoms with Gasteiger partial charge >= 0.3 is 0 Å². The standard InChI is InChI=1S/C10H20N2O2/c1-12(8-10-13-6-7-14-10)9-2-4-11-5-3-9/h9-11H,2-8H2,1H3. The molecule has 0 saturated carbocycles. The third-order valence-electron chi connectivity index (χ3n) is 3.06. The average Bonchev–Trinajstić information content (AvgIpc) is 2.72. The van der Waals surface area contributed by atoms with E-state index >= 15 is 0 Å². The second-order valence-corrected chi connectivity index (χ2v) is 4.09. The number of likely N-dealkylation sites (N-methyl/N-ethyl adjacent to an activating group) is 1. The molecule has 4 nitrogen and oxygen atoms in total. The lowest BCUT2D eigenvalue weighted by Crippen LogP contribution is -2.44. The molecule has 0 aromatic heterocycles. The predicted octanol–water partition coefficient (Wildman–Crippen LogP) is 0.0431. The maximum atomic E-state index is 5.43. The monoisotopic (exact) mass is 200 g/mol. The molecule has 0 aliphatic carbocycles. The Morgan fingerprint density at radius 3 is 2.50 bits per heavy atom. The molecule has 2 rings (SSSR count). The highest BCUT2D eigenvalue weighted by molar-refractivity contribution is 4.76. The molecule has 2 saturated heterocycles. The second-order valence-electron chi connectivity index (χ2n) is 4.09. The molecule has 0 atom stereocenters. The molecule has 0 aromatic rings. The van der Waals surface area contributed by atoms with Crippen LogP contribution in [0.4, 0.5) is 0 Å². The maximum Gasteiger partial charge on any atom is 0.170 e. The van der Waals surface area contributed by atoms with Gasteiger partial charge in [-0.25, -0.2) is 0 Å². The summed E-state index contributed by atoms with van der Waals surface area (Å²) in [5.74, 6) is 0.